The van der Waals surface area contributed by atoms with E-state index in [0.717, 1.165) is 26.7 Å². The summed E-state index contributed by atoms with van der Waals surface area (Å²) in [6, 6.07) is 25.2. The van der Waals surface area contributed by atoms with Gasteiger partial charge in [-0.3, -0.25) is 4.79 Å². The van der Waals surface area contributed by atoms with Gasteiger partial charge in [0.15, 0.2) is 5.76 Å². The van der Waals surface area contributed by atoms with E-state index in [1.165, 1.54) is 0 Å². The lowest BCUT2D eigenvalue weighted by atomic mass is 9.93. The smallest absolute Gasteiger partial charge is 0.290 e. The van der Waals surface area contributed by atoms with E-state index in [4.69, 9.17) is 0 Å². The van der Waals surface area contributed by atoms with E-state index in [1.54, 1.807) is 4.90 Å². The van der Waals surface area contributed by atoms with Crippen LogP contribution in [0.4, 0.5) is 0 Å². The molecule has 1 heterocycles. The molecular weight excluding hydrogens is 414 g/mol. The second-order valence-corrected chi connectivity index (χ2v) is 7.83. The third kappa shape index (κ3) is 3.36. The monoisotopic (exact) mass is 433 g/mol. The molecule has 1 amide bonds. The molecule has 28 heavy (non-hydrogen) atoms. The third-order valence-electron chi connectivity index (χ3n) is 5.06. The molecule has 1 aliphatic rings. The Hall–Kier alpha value is -2.85. The molecule has 0 spiro atoms. The molecule has 3 nitrogen and oxygen atoms in total. The number of amides is 1. The number of aryl methyl sites for hydroxylation is 1. The number of rotatable bonds is 4. The summed E-state index contributed by atoms with van der Waals surface area (Å²) in [4.78, 5) is 14.8. The lowest BCUT2D eigenvalue weighted by molar-refractivity contribution is -0.130. The first-order chi connectivity index (χ1) is 13.6. The van der Waals surface area contributed by atoms with Crippen LogP contribution in [0.1, 0.15) is 28.3 Å². The maximum absolute atomic E-state index is 13.1. The van der Waals surface area contributed by atoms with Gasteiger partial charge in [-0.15, -0.1) is 0 Å². The molecule has 1 atom stereocenters. The summed E-state index contributed by atoms with van der Waals surface area (Å²) in [6.07, 6.45) is 0. The van der Waals surface area contributed by atoms with E-state index in [0.29, 0.717) is 12.1 Å². The van der Waals surface area contributed by atoms with E-state index in [9.17, 15) is 9.90 Å². The average molecular weight is 434 g/mol. The summed E-state index contributed by atoms with van der Waals surface area (Å²) in [5.41, 5.74) is 4.60. The molecule has 4 rings (SSSR count). The van der Waals surface area contributed by atoms with Crippen LogP contribution >= 0.6 is 15.9 Å². The van der Waals surface area contributed by atoms with E-state index in [1.807, 2.05) is 85.8 Å². The first kappa shape index (κ1) is 18.5. The van der Waals surface area contributed by atoms with Crippen molar-refractivity contribution in [3.8, 4) is 0 Å². The number of hydrogen-bond acceptors (Lipinski definition) is 2. The minimum absolute atomic E-state index is 0.180. The Morgan fingerprint density at radius 1 is 0.929 bits per heavy atom. The van der Waals surface area contributed by atoms with Gasteiger partial charge in [0.25, 0.3) is 5.91 Å². The van der Waals surface area contributed by atoms with Gasteiger partial charge in [0, 0.05) is 16.6 Å². The van der Waals surface area contributed by atoms with Crippen LogP contribution in [0, 0.1) is 6.92 Å². The zero-order valence-electron chi connectivity index (χ0n) is 15.5. The molecule has 0 unspecified atom stereocenters. The van der Waals surface area contributed by atoms with Gasteiger partial charge in [0.05, 0.1) is 6.04 Å². The number of carbonyl (C=O) groups excluding carboxylic acids is 1. The number of nitrogens with zero attached hydrogens (tertiary/aromatic N) is 1. The molecule has 3 aromatic rings. The number of aliphatic hydroxyl groups is 1. The van der Waals surface area contributed by atoms with Gasteiger partial charge in [-0.05, 0) is 29.7 Å². The largest absolute Gasteiger partial charge is 0.503 e. The maximum Gasteiger partial charge on any atom is 0.290 e. The third-order valence-corrected chi connectivity index (χ3v) is 5.78. The van der Waals surface area contributed by atoms with Crippen molar-refractivity contribution in [3.05, 3.63) is 111 Å². The molecule has 0 fully saturated rings. The van der Waals surface area contributed by atoms with Gasteiger partial charge < -0.3 is 10.0 Å². The fourth-order valence-corrected chi connectivity index (χ4v) is 4.15. The Morgan fingerprint density at radius 3 is 2.25 bits per heavy atom. The lowest BCUT2D eigenvalue weighted by Crippen LogP contribution is -2.30. The summed E-state index contributed by atoms with van der Waals surface area (Å²) in [6.45, 7) is 2.44. The van der Waals surface area contributed by atoms with Crippen LogP contribution in [-0.2, 0) is 11.3 Å². The lowest BCUT2D eigenvalue weighted by Gasteiger charge is -2.28. The number of halogens is 1. The Balaban J connectivity index is 1.84. The summed E-state index contributed by atoms with van der Waals surface area (Å²) in [5, 5.41) is 10.8. The highest BCUT2D eigenvalue weighted by atomic mass is 79.9. The van der Waals surface area contributed by atoms with Crippen molar-refractivity contribution in [2.75, 3.05) is 0 Å². The summed E-state index contributed by atoms with van der Waals surface area (Å²) in [7, 11) is 0. The molecule has 0 saturated carbocycles. The number of benzene rings is 3. The molecule has 3 aromatic carbocycles. The average Bonchev–Trinajstić information content (AvgIpc) is 2.95. The van der Waals surface area contributed by atoms with Crippen LogP contribution in [0.15, 0.2) is 89.1 Å². The number of carbonyl (C=O) groups is 1. The number of aliphatic hydroxyl groups excluding tert-OH is 1. The topological polar surface area (TPSA) is 40.5 Å². The molecule has 1 aliphatic heterocycles. The first-order valence-corrected chi connectivity index (χ1v) is 9.95. The van der Waals surface area contributed by atoms with Gasteiger partial charge in [0.2, 0.25) is 0 Å². The van der Waals surface area contributed by atoms with E-state index in [-0.39, 0.29) is 17.7 Å². The van der Waals surface area contributed by atoms with Crippen LogP contribution in [0.2, 0.25) is 0 Å². The zero-order valence-corrected chi connectivity index (χ0v) is 17.1. The standard InChI is InChI=1S/C24H20BrNO2/c1-16-11-13-18(14-12-16)21-22(19-9-5-6-10-20(19)25)26(24(28)23(21)27)15-17-7-3-2-4-8-17/h2-14,22,27H,15H2,1H3/t22-/m1/s1. The normalized spacial score (nSPS) is 16.7. The van der Waals surface area contributed by atoms with Gasteiger partial charge in [-0.2, -0.15) is 0 Å². The molecule has 0 radical (unpaired) electrons. The van der Waals surface area contributed by atoms with Crippen molar-refractivity contribution < 1.29 is 9.90 Å². The predicted octanol–water partition coefficient (Wildman–Crippen LogP) is 5.81. The molecule has 0 saturated heterocycles. The van der Waals surface area contributed by atoms with Crippen LogP contribution in [-0.4, -0.2) is 15.9 Å². The molecular formula is C24H20BrNO2. The highest BCUT2D eigenvalue weighted by Gasteiger charge is 2.41. The minimum atomic E-state index is -0.369. The summed E-state index contributed by atoms with van der Waals surface area (Å²) >= 11 is 3.63. The van der Waals surface area contributed by atoms with Crippen LogP contribution in [0.5, 0.6) is 0 Å². The molecule has 4 heteroatoms. The van der Waals surface area contributed by atoms with Gasteiger partial charge >= 0.3 is 0 Å². The molecule has 140 valence electrons. The summed E-state index contributed by atoms with van der Waals surface area (Å²) in [5.74, 6) is -0.527. The van der Waals surface area contributed by atoms with Gasteiger partial charge in [-0.1, -0.05) is 94.3 Å². The SMILES string of the molecule is Cc1ccc(C2=C(O)C(=O)N(Cc3ccccc3)[C@@H]2c2ccccc2Br)cc1. The zero-order chi connectivity index (χ0) is 19.7. The van der Waals surface area contributed by atoms with E-state index >= 15 is 0 Å². The van der Waals surface area contributed by atoms with Gasteiger partial charge in [-0.25, -0.2) is 0 Å². The predicted molar refractivity (Wildman–Crippen MR) is 115 cm³/mol. The molecule has 1 N–H and O–H groups in total. The second kappa shape index (κ2) is 7.64. The fourth-order valence-electron chi connectivity index (χ4n) is 3.64. The fraction of sp³-hybridized carbons (Fsp3) is 0.125. The van der Waals surface area contributed by atoms with Crippen molar-refractivity contribution in [2.24, 2.45) is 0 Å². The molecule has 0 bridgehead atoms. The Bertz CT molecular complexity index is 1040. The van der Waals surface area contributed by atoms with Crippen LogP contribution in [0.25, 0.3) is 5.57 Å². The molecule has 0 aliphatic carbocycles. The highest BCUT2D eigenvalue weighted by molar-refractivity contribution is 9.10. The van der Waals surface area contributed by atoms with E-state index in [2.05, 4.69) is 15.9 Å². The van der Waals surface area contributed by atoms with E-state index < -0.39 is 0 Å². The van der Waals surface area contributed by atoms with Gasteiger partial charge in [0.1, 0.15) is 0 Å². The van der Waals surface area contributed by atoms with Crippen molar-refractivity contribution >= 4 is 27.4 Å². The molecule has 0 aromatic heterocycles. The Labute approximate surface area is 173 Å². The first-order valence-electron chi connectivity index (χ1n) is 9.16. The number of hydrogen-bond donors (Lipinski definition) is 1. The second-order valence-electron chi connectivity index (χ2n) is 6.97. The quantitative estimate of drug-likeness (QED) is 0.563. The Morgan fingerprint density at radius 2 is 1.57 bits per heavy atom. The summed E-state index contributed by atoms with van der Waals surface area (Å²) < 4.78 is 0.908. The van der Waals surface area contributed by atoms with Crippen molar-refractivity contribution in [1.82, 2.24) is 4.90 Å². The van der Waals surface area contributed by atoms with Crippen molar-refractivity contribution in [2.45, 2.75) is 19.5 Å². The van der Waals surface area contributed by atoms with Crippen molar-refractivity contribution in [3.63, 3.8) is 0 Å². The minimum Gasteiger partial charge on any atom is -0.503 e. The van der Waals surface area contributed by atoms with Crippen LogP contribution in [0.3, 0.4) is 0 Å². The van der Waals surface area contributed by atoms with Crippen LogP contribution < -0.4 is 0 Å². The maximum atomic E-state index is 13.1. The van der Waals surface area contributed by atoms with Crippen molar-refractivity contribution in [1.29, 1.82) is 0 Å². The highest BCUT2D eigenvalue weighted by Crippen LogP contribution is 2.45. The Kier molecular flexibility index (Phi) is 5.05.